The van der Waals surface area contributed by atoms with Crippen molar-refractivity contribution >= 4 is 27.5 Å². The summed E-state index contributed by atoms with van der Waals surface area (Å²) in [4.78, 5) is 13.9. The molecule has 0 bridgehead atoms. The van der Waals surface area contributed by atoms with Gasteiger partial charge in [-0.05, 0) is 48.5 Å². The molecule has 0 saturated heterocycles. The van der Waals surface area contributed by atoms with E-state index in [-0.39, 0.29) is 0 Å². The number of rotatable bonds is 3. The monoisotopic (exact) mass is 437 g/mol. The summed E-state index contributed by atoms with van der Waals surface area (Å²) in [6, 6.07) is 31.4. The van der Waals surface area contributed by atoms with E-state index in [2.05, 4.69) is 92.3 Å². The quantitative estimate of drug-likeness (QED) is 0.315. The molecule has 5 nitrogen and oxygen atoms in total. The van der Waals surface area contributed by atoms with Gasteiger partial charge >= 0.3 is 0 Å². The number of fused-ring (bicyclic) bond motifs is 4. The SMILES string of the molecule is c1ccc2c(c1)c1ccccc1n2-c1ccc(-c2ncc(-c3cn4ccccc4n3)cn2)cc1. The third-order valence-electron chi connectivity index (χ3n) is 6.28. The molecule has 7 rings (SSSR count). The van der Waals surface area contributed by atoms with Crippen molar-refractivity contribution in [1.29, 1.82) is 0 Å². The molecular weight excluding hydrogens is 418 g/mol. The van der Waals surface area contributed by atoms with Gasteiger partial charge in [-0.15, -0.1) is 0 Å². The standard InChI is InChI=1S/C29H19N5/c1-3-9-26-23(7-1)24-8-2-4-10-27(24)34(26)22-14-12-20(13-15-22)29-30-17-21(18-31-29)25-19-33-16-6-5-11-28(33)32-25/h1-19H. The van der Waals surface area contributed by atoms with E-state index in [1.807, 2.05) is 47.4 Å². The van der Waals surface area contributed by atoms with Crippen molar-refractivity contribution in [2.45, 2.75) is 0 Å². The van der Waals surface area contributed by atoms with E-state index in [0.29, 0.717) is 5.82 Å². The zero-order valence-electron chi connectivity index (χ0n) is 18.2. The molecule has 160 valence electrons. The van der Waals surface area contributed by atoms with Crippen LogP contribution >= 0.6 is 0 Å². The first-order chi connectivity index (χ1) is 16.8. The number of imidazole rings is 1. The first kappa shape index (κ1) is 18.8. The average Bonchev–Trinajstić information content (AvgIpc) is 3.49. The van der Waals surface area contributed by atoms with Gasteiger partial charge in [0.15, 0.2) is 5.82 Å². The first-order valence-electron chi connectivity index (χ1n) is 11.2. The van der Waals surface area contributed by atoms with Crippen LogP contribution in [-0.4, -0.2) is 23.9 Å². The molecule has 0 unspecified atom stereocenters. The Morgan fingerprint density at radius 1 is 0.588 bits per heavy atom. The number of hydrogen-bond donors (Lipinski definition) is 0. The van der Waals surface area contributed by atoms with E-state index < -0.39 is 0 Å². The highest BCUT2D eigenvalue weighted by atomic mass is 15.0. The fourth-order valence-corrected chi connectivity index (χ4v) is 4.64. The van der Waals surface area contributed by atoms with E-state index in [0.717, 1.165) is 28.2 Å². The van der Waals surface area contributed by atoms with Crippen LogP contribution in [-0.2, 0) is 0 Å². The summed E-state index contributed by atoms with van der Waals surface area (Å²) in [5.74, 6) is 0.696. The zero-order chi connectivity index (χ0) is 22.5. The summed E-state index contributed by atoms with van der Waals surface area (Å²) in [6.07, 6.45) is 7.66. The Hall–Kier alpha value is -4.77. The van der Waals surface area contributed by atoms with Crippen molar-refractivity contribution in [3.8, 4) is 28.3 Å². The van der Waals surface area contributed by atoms with Crippen molar-refractivity contribution in [1.82, 2.24) is 23.9 Å². The third kappa shape index (κ3) is 2.91. The summed E-state index contributed by atoms with van der Waals surface area (Å²) in [6.45, 7) is 0. The lowest BCUT2D eigenvalue weighted by Gasteiger charge is -2.09. The fourth-order valence-electron chi connectivity index (χ4n) is 4.64. The number of pyridine rings is 1. The largest absolute Gasteiger partial charge is 0.309 e. The van der Waals surface area contributed by atoms with E-state index in [1.54, 1.807) is 0 Å². The lowest BCUT2D eigenvalue weighted by Crippen LogP contribution is -1.94. The number of para-hydroxylation sites is 2. The van der Waals surface area contributed by atoms with Gasteiger partial charge in [-0.3, -0.25) is 0 Å². The van der Waals surface area contributed by atoms with Crippen LogP contribution in [0.2, 0.25) is 0 Å². The molecule has 0 amide bonds. The predicted molar refractivity (Wildman–Crippen MR) is 136 cm³/mol. The molecule has 0 aliphatic rings. The summed E-state index contributed by atoms with van der Waals surface area (Å²) in [5, 5.41) is 2.51. The van der Waals surface area contributed by atoms with Crippen LogP contribution in [0.5, 0.6) is 0 Å². The van der Waals surface area contributed by atoms with Crippen LogP contribution < -0.4 is 0 Å². The van der Waals surface area contributed by atoms with Crippen LogP contribution in [0.25, 0.3) is 55.8 Å². The Bertz CT molecular complexity index is 1700. The van der Waals surface area contributed by atoms with Crippen molar-refractivity contribution in [3.05, 3.63) is 116 Å². The molecule has 0 aliphatic carbocycles. The Morgan fingerprint density at radius 3 is 1.91 bits per heavy atom. The van der Waals surface area contributed by atoms with Gasteiger partial charge in [0.2, 0.25) is 0 Å². The zero-order valence-corrected chi connectivity index (χ0v) is 18.2. The molecule has 0 spiro atoms. The summed E-state index contributed by atoms with van der Waals surface area (Å²) in [5.41, 5.74) is 7.15. The Balaban J connectivity index is 1.25. The molecule has 5 heteroatoms. The van der Waals surface area contributed by atoms with Crippen LogP contribution in [0, 0.1) is 0 Å². The highest BCUT2D eigenvalue weighted by Crippen LogP contribution is 2.32. The molecule has 7 aromatic rings. The first-order valence-corrected chi connectivity index (χ1v) is 11.2. The van der Waals surface area contributed by atoms with Crippen molar-refractivity contribution in [2.24, 2.45) is 0 Å². The minimum atomic E-state index is 0.696. The van der Waals surface area contributed by atoms with E-state index in [4.69, 9.17) is 0 Å². The maximum atomic E-state index is 4.66. The van der Waals surface area contributed by atoms with E-state index in [1.165, 1.54) is 21.8 Å². The second kappa shape index (κ2) is 7.39. The molecule has 0 fully saturated rings. The lowest BCUT2D eigenvalue weighted by molar-refractivity contribution is 1.16. The average molecular weight is 438 g/mol. The summed E-state index contributed by atoms with van der Waals surface area (Å²) < 4.78 is 4.30. The van der Waals surface area contributed by atoms with Crippen LogP contribution in [0.3, 0.4) is 0 Å². The van der Waals surface area contributed by atoms with Crippen LogP contribution in [0.15, 0.2) is 116 Å². The number of hydrogen-bond acceptors (Lipinski definition) is 3. The van der Waals surface area contributed by atoms with Crippen LogP contribution in [0.4, 0.5) is 0 Å². The fraction of sp³-hybridized carbons (Fsp3) is 0. The summed E-state index contributed by atoms with van der Waals surface area (Å²) >= 11 is 0. The summed E-state index contributed by atoms with van der Waals surface area (Å²) in [7, 11) is 0. The smallest absolute Gasteiger partial charge is 0.159 e. The second-order valence-electron chi connectivity index (χ2n) is 8.30. The van der Waals surface area contributed by atoms with Gasteiger partial charge in [0.25, 0.3) is 0 Å². The lowest BCUT2D eigenvalue weighted by atomic mass is 10.1. The minimum absolute atomic E-state index is 0.696. The molecule has 0 radical (unpaired) electrons. The van der Waals surface area contributed by atoms with Gasteiger partial charge in [-0.2, -0.15) is 0 Å². The highest BCUT2D eigenvalue weighted by Gasteiger charge is 2.12. The van der Waals surface area contributed by atoms with E-state index in [9.17, 15) is 0 Å². The molecule has 0 N–H and O–H groups in total. The molecule has 34 heavy (non-hydrogen) atoms. The number of nitrogens with zero attached hydrogens (tertiary/aromatic N) is 5. The Kier molecular flexibility index (Phi) is 4.08. The second-order valence-corrected chi connectivity index (χ2v) is 8.30. The van der Waals surface area contributed by atoms with Crippen LogP contribution in [0.1, 0.15) is 0 Å². The Morgan fingerprint density at radius 2 is 1.24 bits per heavy atom. The van der Waals surface area contributed by atoms with Crippen molar-refractivity contribution in [3.63, 3.8) is 0 Å². The predicted octanol–water partition coefficient (Wildman–Crippen LogP) is 6.56. The van der Waals surface area contributed by atoms with Gasteiger partial charge < -0.3 is 8.97 Å². The van der Waals surface area contributed by atoms with E-state index >= 15 is 0 Å². The molecule has 3 aromatic carbocycles. The molecular formula is C29H19N5. The number of benzene rings is 3. The van der Waals surface area contributed by atoms with Crippen molar-refractivity contribution < 1.29 is 0 Å². The van der Waals surface area contributed by atoms with Gasteiger partial charge in [-0.25, -0.2) is 15.0 Å². The third-order valence-corrected chi connectivity index (χ3v) is 6.28. The van der Waals surface area contributed by atoms with Gasteiger partial charge in [0.05, 0.1) is 16.7 Å². The molecule has 4 aromatic heterocycles. The topological polar surface area (TPSA) is 48.0 Å². The molecule has 4 heterocycles. The maximum Gasteiger partial charge on any atom is 0.159 e. The van der Waals surface area contributed by atoms with Crippen molar-refractivity contribution in [2.75, 3.05) is 0 Å². The molecule has 0 aliphatic heterocycles. The molecule has 0 saturated carbocycles. The van der Waals surface area contributed by atoms with Gasteiger partial charge in [0, 0.05) is 52.4 Å². The highest BCUT2D eigenvalue weighted by molar-refractivity contribution is 6.09. The minimum Gasteiger partial charge on any atom is -0.309 e. The van der Waals surface area contributed by atoms with Gasteiger partial charge in [0.1, 0.15) is 5.65 Å². The number of aromatic nitrogens is 5. The maximum absolute atomic E-state index is 4.66. The van der Waals surface area contributed by atoms with Gasteiger partial charge in [-0.1, -0.05) is 42.5 Å². The Labute approximate surface area is 195 Å². The normalized spacial score (nSPS) is 11.5. The molecule has 0 atom stereocenters.